The summed E-state index contributed by atoms with van der Waals surface area (Å²) in [6.45, 7) is 3.18. The topological polar surface area (TPSA) is 71.2 Å². The van der Waals surface area contributed by atoms with Crippen molar-refractivity contribution in [2.75, 3.05) is 13.1 Å². The van der Waals surface area contributed by atoms with Gasteiger partial charge in [0.25, 0.3) is 5.91 Å². The first-order chi connectivity index (χ1) is 12.6. The summed E-state index contributed by atoms with van der Waals surface area (Å²) in [5, 5.41) is 21.0. The molecule has 0 radical (unpaired) electrons. The van der Waals surface area contributed by atoms with Crippen LogP contribution in [0.4, 0.5) is 0 Å². The molecular formula is C19H22N4O2S. The zero-order valence-corrected chi connectivity index (χ0v) is 15.5. The predicted octanol–water partition coefficient (Wildman–Crippen LogP) is 2.89. The van der Waals surface area contributed by atoms with Crippen molar-refractivity contribution in [1.29, 1.82) is 0 Å². The van der Waals surface area contributed by atoms with E-state index in [4.69, 9.17) is 0 Å². The van der Waals surface area contributed by atoms with E-state index < -0.39 is 6.10 Å². The number of piperidine rings is 1. The van der Waals surface area contributed by atoms with Crippen LogP contribution < -0.4 is 0 Å². The molecular weight excluding hydrogens is 348 g/mol. The Balaban J connectivity index is 1.39. The second kappa shape index (κ2) is 7.17. The zero-order chi connectivity index (χ0) is 18.1. The SMILES string of the molecule is C[C@@H](O)Cc1cn(C2CCN(C(=O)c3ccc4sccc4c3)CC2)nn1. The number of carbonyl (C=O) groups is 1. The molecule has 4 rings (SSSR count). The van der Waals surface area contributed by atoms with Gasteiger partial charge in [-0.15, -0.1) is 16.4 Å². The number of benzene rings is 1. The van der Waals surface area contributed by atoms with Gasteiger partial charge in [-0.2, -0.15) is 0 Å². The quantitative estimate of drug-likeness (QED) is 0.767. The molecule has 1 saturated heterocycles. The van der Waals surface area contributed by atoms with Crippen LogP contribution >= 0.6 is 11.3 Å². The molecule has 7 heteroatoms. The third-order valence-electron chi connectivity index (χ3n) is 4.89. The fraction of sp³-hybridized carbons (Fsp3) is 0.421. The number of fused-ring (bicyclic) bond motifs is 1. The maximum atomic E-state index is 12.8. The average molecular weight is 370 g/mol. The molecule has 0 unspecified atom stereocenters. The lowest BCUT2D eigenvalue weighted by Crippen LogP contribution is -2.39. The highest BCUT2D eigenvalue weighted by Gasteiger charge is 2.25. The van der Waals surface area contributed by atoms with Crippen LogP contribution in [-0.2, 0) is 6.42 Å². The van der Waals surface area contributed by atoms with Crippen molar-refractivity contribution < 1.29 is 9.90 Å². The molecule has 0 aliphatic carbocycles. The molecule has 1 atom stereocenters. The van der Waals surface area contributed by atoms with Crippen LogP contribution in [0.3, 0.4) is 0 Å². The molecule has 0 bridgehead atoms. The van der Waals surface area contributed by atoms with Crippen LogP contribution in [0, 0.1) is 0 Å². The van der Waals surface area contributed by atoms with Gasteiger partial charge >= 0.3 is 0 Å². The van der Waals surface area contributed by atoms with E-state index in [2.05, 4.69) is 16.4 Å². The third kappa shape index (κ3) is 3.50. The maximum absolute atomic E-state index is 12.8. The Kier molecular flexibility index (Phi) is 4.74. The van der Waals surface area contributed by atoms with E-state index in [0.717, 1.165) is 42.6 Å². The maximum Gasteiger partial charge on any atom is 0.253 e. The number of nitrogens with zero attached hydrogens (tertiary/aromatic N) is 4. The van der Waals surface area contributed by atoms with E-state index in [-0.39, 0.29) is 11.9 Å². The Morgan fingerprint density at radius 2 is 2.15 bits per heavy atom. The van der Waals surface area contributed by atoms with E-state index in [1.165, 1.54) is 4.70 Å². The highest BCUT2D eigenvalue weighted by Crippen LogP contribution is 2.25. The lowest BCUT2D eigenvalue weighted by molar-refractivity contribution is 0.0689. The fourth-order valence-electron chi connectivity index (χ4n) is 3.50. The van der Waals surface area contributed by atoms with Crippen molar-refractivity contribution in [2.24, 2.45) is 0 Å². The lowest BCUT2D eigenvalue weighted by Gasteiger charge is -2.32. The molecule has 136 valence electrons. The minimum atomic E-state index is -0.416. The van der Waals surface area contributed by atoms with Crippen LogP contribution in [0.25, 0.3) is 10.1 Å². The Bertz CT molecular complexity index is 909. The molecule has 26 heavy (non-hydrogen) atoms. The summed E-state index contributed by atoms with van der Waals surface area (Å²) in [6, 6.07) is 8.25. The molecule has 2 aromatic heterocycles. The molecule has 3 heterocycles. The van der Waals surface area contributed by atoms with Crippen molar-refractivity contribution in [3.05, 3.63) is 47.1 Å². The number of carbonyl (C=O) groups excluding carboxylic acids is 1. The third-order valence-corrected chi connectivity index (χ3v) is 5.79. The smallest absolute Gasteiger partial charge is 0.253 e. The largest absolute Gasteiger partial charge is 0.393 e. The number of likely N-dealkylation sites (tertiary alicyclic amines) is 1. The van der Waals surface area contributed by atoms with Crippen molar-refractivity contribution >= 4 is 27.3 Å². The van der Waals surface area contributed by atoms with Crippen molar-refractivity contribution in [3.63, 3.8) is 0 Å². The first kappa shape index (κ1) is 17.2. The summed E-state index contributed by atoms with van der Waals surface area (Å²) in [5.74, 6) is 0.102. The second-order valence-electron chi connectivity index (χ2n) is 6.94. The van der Waals surface area contributed by atoms with Gasteiger partial charge in [0.05, 0.1) is 17.8 Å². The van der Waals surface area contributed by atoms with E-state index in [0.29, 0.717) is 6.42 Å². The molecule has 1 amide bonds. The molecule has 1 aromatic carbocycles. The van der Waals surface area contributed by atoms with Gasteiger partial charge in [0, 0.05) is 36.0 Å². The number of aromatic nitrogens is 3. The van der Waals surface area contributed by atoms with Gasteiger partial charge in [-0.25, -0.2) is 4.68 Å². The summed E-state index contributed by atoms with van der Waals surface area (Å²) < 4.78 is 3.09. The van der Waals surface area contributed by atoms with Crippen molar-refractivity contribution in [1.82, 2.24) is 19.9 Å². The summed E-state index contributed by atoms with van der Waals surface area (Å²) in [7, 11) is 0. The summed E-state index contributed by atoms with van der Waals surface area (Å²) in [4.78, 5) is 14.7. The number of aliphatic hydroxyl groups is 1. The standard InChI is InChI=1S/C19H22N4O2S/c1-13(24)10-16-12-23(21-20-16)17-4-7-22(8-5-17)19(25)15-2-3-18-14(11-15)6-9-26-18/h2-3,6,9,11-13,17,24H,4-5,7-8,10H2,1H3/t13-/m1/s1. The molecule has 1 N–H and O–H groups in total. The minimum absolute atomic E-state index is 0.102. The van der Waals surface area contributed by atoms with E-state index in [9.17, 15) is 9.90 Å². The van der Waals surface area contributed by atoms with Crippen molar-refractivity contribution in [3.8, 4) is 0 Å². The molecule has 1 aliphatic heterocycles. The molecule has 0 saturated carbocycles. The predicted molar refractivity (Wildman–Crippen MR) is 101 cm³/mol. The van der Waals surface area contributed by atoms with Gasteiger partial charge in [0.1, 0.15) is 0 Å². The van der Waals surface area contributed by atoms with Crippen LogP contribution in [0.15, 0.2) is 35.8 Å². The normalized spacial score (nSPS) is 16.9. The molecule has 1 aliphatic rings. The molecule has 6 nitrogen and oxygen atoms in total. The first-order valence-corrected chi connectivity index (χ1v) is 9.83. The van der Waals surface area contributed by atoms with E-state index in [1.54, 1.807) is 18.3 Å². The van der Waals surface area contributed by atoms with E-state index in [1.807, 2.05) is 39.4 Å². The zero-order valence-electron chi connectivity index (χ0n) is 14.7. The minimum Gasteiger partial charge on any atom is -0.393 e. The van der Waals surface area contributed by atoms with Crippen LogP contribution in [0.2, 0.25) is 0 Å². The molecule has 1 fully saturated rings. The van der Waals surface area contributed by atoms with Gasteiger partial charge in [-0.3, -0.25) is 4.79 Å². The number of rotatable bonds is 4. The van der Waals surface area contributed by atoms with Gasteiger partial charge < -0.3 is 10.0 Å². The number of amides is 1. The van der Waals surface area contributed by atoms with Gasteiger partial charge in [-0.1, -0.05) is 5.21 Å². The number of hydrogen-bond donors (Lipinski definition) is 1. The van der Waals surface area contributed by atoms with Crippen LogP contribution in [-0.4, -0.2) is 50.1 Å². The van der Waals surface area contributed by atoms with E-state index >= 15 is 0 Å². The summed E-state index contributed by atoms with van der Waals surface area (Å²) in [5.41, 5.74) is 1.57. The molecule has 0 spiro atoms. The Morgan fingerprint density at radius 1 is 1.35 bits per heavy atom. The number of aliphatic hydroxyl groups excluding tert-OH is 1. The summed E-state index contributed by atoms with van der Waals surface area (Å²) in [6.07, 6.45) is 3.75. The van der Waals surface area contributed by atoms with Crippen LogP contribution in [0.1, 0.15) is 41.9 Å². The second-order valence-corrected chi connectivity index (χ2v) is 7.89. The Hall–Kier alpha value is -2.25. The first-order valence-electron chi connectivity index (χ1n) is 8.95. The Labute approximate surface area is 156 Å². The monoisotopic (exact) mass is 370 g/mol. The highest BCUT2D eigenvalue weighted by atomic mass is 32.1. The van der Waals surface area contributed by atoms with Crippen molar-refractivity contribution in [2.45, 2.75) is 38.3 Å². The van der Waals surface area contributed by atoms with Gasteiger partial charge in [-0.05, 0) is 54.8 Å². The lowest BCUT2D eigenvalue weighted by atomic mass is 10.0. The fourth-order valence-corrected chi connectivity index (χ4v) is 4.27. The highest BCUT2D eigenvalue weighted by molar-refractivity contribution is 7.17. The van der Waals surface area contributed by atoms with Crippen LogP contribution in [0.5, 0.6) is 0 Å². The van der Waals surface area contributed by atoms with Gasteiger partial charge in [0.15, 0.2) is 0 Å². The van der Waals surface area contributed by atoms with Gasteiger partial charge in [0.2, 0.25) is 0 Å². The molecule has 3 aromatic rings. The Morgan fingerprint density at radius 3 is 2.92 bits per heavy atom. The summed E-state index contributed by atoms with van der Waals surface area (Å²) >= 11 is 1.69. The average Bonchev–Trinajstić information content (AvgIpc) is 3.29. The number of hydrogen-bond acceptors (Lipinski definition) is 5. The number of thiophene rings is 1.